The van der Waals surface area contributed by atoms with Crippen LogP contribution in [-0.2, 0) is 16.0 Å². The summed E-state index contributed by atoms with van der Waals surface area (Å²) in [6.07, 6.45) is 2.48. The van der Waals surface area contributed by atoms with E-state index in [4.69, 9.17) is 9.47 Å². The molecule has 0 bridgehead atoms. The Morgan fingerprint density at radius 1 is 1.13 bits per heavy atom. The molecule has 1 fully saturated rings. The van der Waals surface area contributed by atoms with Gasteiger partial charge in [-0.1, -0.05) is 37.3 Å². The number of para-hydroxylation sites is 1. The average Bonchev–Trinajstić information content (AvgIpc) is 3.05. The number of methoxy groups -OCH3 is 1. The lowest BCUT2D eigenvalue weighted by Crippen LogP contribution is -2.38. The summed E-state index contributed by atoms with van der Waals surface area (Å²) in [6.45, 7) is 2.14. The summed E-state index contributed by atoms with van der Waals surface area (Å²) in [6, 6.07) is 14.7. The highest BCUT2D eigenvalue weighted by Crippen LogP contribution is 2.32. The van der Waals surface area contributed by atoms with E-state index >= 15 is 0 Å². The summed E-state index contributed by atoms with van der Waals surface area (Å²) in [5.74, 6) is 0.706. The molecule has 7 nitrogen and oxygen atoms in total. The Hall–Kier alpha value is -3.26. The van der Waals surface area contributed by atoms with Crippen LogP contribution < -0.4 is 14.8 Å². The Balaban J connectivity index is 1.48. The van der Waals surface area contributed by atoms with Crippen LogP contribution >= 0.6 is 11.8 Å². The maximum Gasteiger partial charge on any atom is 0.293 e. The molecule has 1 N–H and O–H groups in total. The Labute approximate surface area is 185 Å². The summed E-state index contributed by atoms with van der Waals surface area (Å²) < 4.78 is 10.7. The predicted octanol–water partition coefficient (Wildman–Crippen LogP) is 3.49. The number of rotatable bonds is 9. The lowest BCUT2D eigenvalue weighted by Gasteiger charge is -2.14. The molecule has 0 aromatic heterocycles. The number of carbonyl (C=O) groups is 3. The van der Waals surface area contributed by atoms with Gasteiger partial charge in [0, 0.05) is 13.1 Å². The molecule has 162 valence electrons. The average molecular weight is 441 g/mol. The van der Waals surface area contributed by atoms with Crippen LogP contribution in [0, 0.1) is 0 Å². The molecule has 0 atom stereocenters. The molecule has 31 heavy (non-hydrogen) atoms. The number of amides is 3. The quantitative estimate of drug-likeness (QED) is 0.601. The number of benzene rings is 2. The van der Waals surface area contributed by atoms with E-state index < -0.39 is 0 Å². The van der Waals surface area contributed by atoms with Gasteiger partial charge in [0.05, 0.1) is 12.0 Å². The van der Waals surface area contributed by atoms with Crippen LogP contribution in [0.2, 0.25) is 0 Å². The van der Waals surface area contributed by atoms with E-state index in [0.717, 1.165) is 34.2 Å². The van der Waals surface area contributed by atoms with Gasteiger partial charge < -0.3 is 14.8 Å². The van der Waals surface area contributed by atoms with Gasteiger partial charge in [-0.25, -0.2) is 0 Å². The number of hydrogen-bond donors (Lipinski definition) is 1. The van der Waals surface area contributed by atoms with Crippen LogP contribution in [0.5, 0.6) is 11.5 Å². The molecule has 0 radical (unpaired) electrons. The van der Waals surface area contributed by atoms with Crippen LogP contribution in [0.25, 0.3) is 6.08 Å². The van der Waals surface area contributed by atoms with Crippen molar-refractivity contribution in [2.75, 3.05) is 26.8 Å². The highest BCUT2D eigenvalue weighted by molar-refractivity contribution is 8.18. The first-order chi connectivity index (χ1) is 15.0. The molecule has 8 heteroatoms. The third-order valence-corrected chi connectivity index (χ3v) is 5.56. The van der Waals surface area contributed by atoms with Crippen molar-refractivity contribution in [3.05, 3.63) is 64.6 Å². The van der Waals surface area contributed by atoms with Gasteiger partial charge in [-0.05, 0) is 53.6 Å². The molecular weight excluding hydrogens is 416 g/mol. The molecule has 0 aliphatic carbocycles. The van der Waals surface area contributed by atoms with Crippen molar-refractivity contribution < 1.29 is 23.9 Å². The van der Waals surface area contributed by atoms with E-state index in [1.807, 2.05) is 43.3 Å². The van der Waals surface area contributed by atoms with E-state index in [-0.39, 0.29) is 36.7 Å². The van der Waals surface area contributed by atoms with E-state index in [1.54, 1.807) is 25.3 Å². The first-order valence-electron chi connectivity index (χ1n) is 9.88. The van der Waals surface area contributed by atoms with Gasteiger partial charge in [0.25, 0.3) is 17.1 Å². The number of aryl methyl sites for hydroxylation is 1. The number of thioether (sulfide) groups is 1. The molecule has 1 heterocycles. The van der Waals surface area contributed by atoms with Crippen molar-refractivity contribution in [3.8, 4) is 11.5 Å². The zero-order valence-electron chi connectivity index (χ0n) is 17.4. The molecule has 1 aliphatic heterocycles. The van der Waals surface area contributed by atoms with Gasteiger partial charge >= 0.3 is 0 Å². The van der Waals surface area contributed by atoms with Crippen molar-refractivity contribution in [1.82, 2.24) is 10.2 Å². The number of hydrogen-bond acceptors (Lipinski definition) is 6. The fraction of sp³-hybridized carbons (Fsp3) is 0.261. The van der Waals surface area contributed by atoms with Gasteiger partial charge in [0.1, 0.15) is 11.5 Å². The number of ether oxygens (including phenoxy) is 2. The standard InChI is InChI=1S/C23H24N2O5S/c1-3-17-6-4-5-7-19(17)30-15-21(26)24-12-13-25-22(27)20(31-23(25)28)14-16-8-10-18(29-2)11-9-16/h4-11,14H,3,12-13,15H2,1-2H3,(H,24,26). The number of carbonyl (C=O) groups excluding carboxylic acids is 3. The summed E-state index contributed by atoms with van der Waals surface area (Å²) in [5.41, 5.74) is 1.82. The lowest BCUT2D eigenvalue weighted by atomic mass is 10.1. The SMILES string of the molecule is CCc1ccccc1OCC(=O)NCCN1C(=O)SC(=Cc2ccc(OC)cc2)C1=O. The van der Waals surface area contributed by atoms with Crippen molar-refractivity contribution in [1.29, 1.82) is 0 Å². The minimum Gasteiger partial charge on any atom is -0.497 e. The van der Waals surface area contributed by atoms with Gasteiger partial charge in [0.2, 0.25) is 0 Å². The second kappa shape index (κ2) is 10.7. The van der Waals surface area contributed by atoms with Crippen molar-refractivity contribution in [2.24, 2.45) is 0 Å². The third-order valence-electron chi connectivity index (χ3n) is 4.66. The van der Waals surface area contributed by atoms with E-state index in [9.17, 15) is 14.4 Å². The van der Waals surface area contributed by atoms with Crippen LogP contribution in [0.1, 0.15) is 18.1 Å². The fourth-order valence-corrected chi connectivity index (χ4v) is 3.85. The largest absolute Gasteiger partial charge is 0.497 e. The highest BCUT2D eigenvalue weighted by Gasteiger charge is 2.34. The normalized spacial score (nSPS) is 14.8. The number of nitrogens with one attached hydrogen (secondary N) is 1. The molecule has 3 amide bonds. The highest BCUT2D eigenvalue weighted by atomic mass is 32.2. The van der Waals surface area contributed by atoms with Gasteiger partial charge in [0.15, 0.2) is 6.61 Å². The van der Waals surface area contributed by atoms with Crippen LogP contribution in [-0.4, -0.2) is 48.8 Å². The summed E-state index contributed by atoms with van der Waals surface area (Å²) >= 11 is 0.887. The molecule has 0 saturated carbocycles. The topological polar surface area (TPSA) is 84.9 Å². The van der Waals surface area contributed by atoms with Gasteiger partial charge in [-0.2, -0.15) is 0 Å². The predicted molar refractivity (Wildman–Crippen MR) is 120 cm³/mol. The third kappa shape index (κ3) is 5.88. The van der Waals surface area contributed by atoms with E-state index in [0.29, 0.717) is 16.4 Å². The van der Waals surface area contributed by atoms with Gasteiger partial charge in [-0.15, -0.1) is 0 Å². The molecule has 2 aromatic carbocycles. The Morgan fingerprint density at radius 2 is 1.87 bits per heavy atom. The molecule has 1 saturated heterocycles. The Bertz CT molecular complexity index is 988. The number of nitrogens with zero attached hydrogens (tertiary/aromatic N) is 1. The summed E-state index contributed by atoms with van der Waals surface area (Å²) in [4.78, 5) is 38.3. The smallest absolute Gasteiger partial charge is 0.293 e. The summed E-state index contributed by atoms with van der Waals surface area (Å²) in [7, 11) is 1.58. The first kappa shape index (κ1) is 22.4. The van der Waals surface area contributed by atoms with Crippen molar-refractivity contribution >= 4 is 34.9 Å². The lowest BCUT2D eigenvalue weighted by molar-refractivity contribution is -0.125. The Kier molecular flexibility index (Phi) is 7.72. The van der Waals surface area contributed by atoms with E-state index in [1.165, 1.54) is 0 Å². The maximum absolute atomic E-state index is 12.6. The second-order valence-electron chi connectivity index (χ2n) is 6.71. The molecular formula is C23H24N2O5S. The monoisotopic (exact) mass is 440 g/mol. The molecule has 1 aliphatic rings. The zero-order valence-corrected chi connectivity index (χ0v) is 18.2. The van der Waals surface area contributed by atoms with Crippen LogP contribution in [0.15, 0.2) is 53.4 Å². The minimum atomic E-state index is -0.367. The molecule has 2 aromatic rings. The second-order valence-corrected chi connectivity index (χ2v) is 7.70. The molecule has 0 unspecified atom stereocenters. The minimum absolute atomic E-state index is 0.0991. The molecule has 0 spiro atoms. The van der Waals surface area contributed by atoms with Crippen molar-refractivity contribution in [3.63, 3.8) is 0 Å². The first-order valence-corrected chi connectivity index (χ1v) is 10.7. The maximum atomic E-state index is 12.6. The molecule has 3 rings (SSSR count). The Morgan fingerprint density at radius 3 is 2.58 bits per heavy atom. The van der Waals surface area contributed by atoms with E-state index in [2.05, 4.69) is 5.32 Å². The van der Waals surface area contributed by atoms with Crippen molar-refractivity contribution in [2.45, 2.75) is 13.3 Å². The van der Waals surface area contributed by atoms with Crippen LogP contribution in [0.4, 0.5) is 4.79 Å². The summed E-state index contributed by atoms with van der Waals surface area (Å²) in [5, 5.41) is 2.33. The number of imide groups is 1. The van der Waals surface area contributed by atoms with Gasteiger partial charge in [-0.3, -0.25) is 19.3 Å². The van der Waals surface area contributed by atoms with Crippen LogP contribution in [0.3, 0.4) is 0 Å². The zero-order chi connectivity index (χ0) is 22.2. The fourth-order valence-electron chi connectivity index (χ4n) is 2.98.